The van der Waals surface area contributed by atoms with Crippen molar-refractivity contribution in [3.63, 3.8) is 0 Å². The monoisotopic (exact) mass is 383 g/mol. The fraction of sp³-hybridized carbons (Fsp3) is 0.435. The molecule has 2 aromatic carbocycles. The average Bonchev–Trinajstić information content (AvgIpc) is 2.74. The van der Waals surface area contributed by atoms with Crippen molar-refractivity contribution in [1.29, 1.82) is 0 Å². The van der Waals surface area contributed by atoms with E-state index >= 15 is 0 Å². The predicted octanol–water partition coefficient (Wildman–Crippen LogP) is 1.86. The lowest BCUT2D eigenvalue weighted by Gasteiger charge is -2.29. The van der Waals surface area contributed by atoms with E-state index in [4.69, 9.17) is 9.47 Å². The molecule has 0 saturated carbocycles. The zero-order valence-corrected chi connectivity index (χ0v) is 16.9. The number of ether oxygens (including phenoxy) is 2. The van der Waals surface area contributed by atoms with Gasteiger partial charge >= 0.3 is 0 Å². The highest BCUT2D eigenvalue weighted by molar-refractivity contribution is 5.78. The molecule has 1 amide bonds. The summed E-state index contributed by atoms with van der Waals surface area (Å²) >= 11 is 0. The number of methoxy groups -OCH3 is 2. The number of likely N-dealkylation sites (tertiary alicyclic amines) is 1. The largest absolute Gasteiger partial charge is 0.493 e. The first kappa shape index (κ1) is 20.2. The molecule has 5 nitrogen and oxygen atoms in total. The number of carbonyl (C=O) groups is 1. The minimum absolute atomic E-state index is 0.131. The number of quaternary nitrogens is 1. The lowest BCUT2D eigenvalue weighted by Crippen LogP contribution is -3.11. The molecule has 3 rings (SSSR count). The van der Waals surface area contributed by atoms with Crippen LogP contribution in [0.5, 0.6) is 11.5 Å². The number of nitrogens with one attached hydrogen (secondary N) is 2. The van der Waals surface area contributed by atoms with Crippen LogP contribution in [0.3, 0.4) is 0 Å². The maximum atomic E-state index is 12.5. The Kier molecular flexibility index (Phi) is 7.31. The zero-order valence-electron chi connectivity index (χ0n) is 16.9. The van der Waals surface area contributed by atoms with Gasteiger partial charge in [0, 0.05) is 25.3 Å². The Morgan fingerprint density at radius 3 is 2.46 bits per heavy atom. The van der Waals surface area contributed by atoms with Crippen LogP contribution >= 0.6 is 0 Å². The highest BCUT2D eigenvalue weighted by Crippen LogP contribution is 2.30. The molecule has 5 heteroatoms. The topological polar surface area (TPSA) is 52.0 Å². The van der Waals surface area contributed by atoms with Gasteiger partial charge in [-0.05, 0) is 24.1 Å². The Hall–Kier alpha value is -2.53. The normalized spacial score (nSPS) is 19.1. The van der Waals surface area contributed by atoms with Gasteiger partial charge in [-0.3, -0.25) is 4.79 Å². The molecule has 150 valence electrons. The molecule has 28 heavy (non-hydrogen) atoms. The summed E-state index contributed by atoms with van der Waals surface area (Å²) in [5.74, 6) is 1.92. The average molecular weight is 384 g/mol. The second-order valence-corrected chi connectivity index (χ2v) is 7.38. The van der Waals surface area contributed by atoms with Gasteiger partial charge in [-0.2, -0.15) is 0 Å². The lowest BCUT2D eigenvalue weighted by atomic mass is 9.95. The Bertz CT molecular complexity index is 756. The van der Waals surface area contributed by atoms with Crippen molar-refractivity contribution in [3.05, 3.63) is 59.7 Å². The molecule has 1 aliphatic heterocycles. The van der Waals surface area contributed by atoms with Gasteiger partial charge < -0.3 is 19.7 Å². The van der Waals surface area contributed by atoms with E-state index in [9.17, 15) is 4.79 Å². The first-order valence-electron chi connectivity index (χ1n) is 10.1. The molecule has 0 atom stereocenters. The molecule has 0 radical (unpaired) electrons. The SMILES string of the molecule is COc1cccc(C[NH+]2CCC(C(=O)NCCc3ccccc3)CC2)c1OC. The third-order valence-corrected chi connectivity index (χ3v) is 5.54. The molecule has 2 aromatic rings. The maximum Gasteiger partial charge on any atom is 0.223 e. The van der Waals surface area contributed by atoms with Crippen LogP contribution in [-0.2, 0) is 17.8 Å². The van der Waals surface area contributed by atoms with Crippen LogP contribution in [0.1, 0.15) is 24.0 Å². The summed E-state index contributed by atoms with van der Waals surface area (Å²) in [5, 5.41) is 3.11. The van der Waals surface area contributed by atoms with Crippen LogP contribution in [0.15, 0.2) is 48.5 Å². The fourth-order valence-electron chi connectivity index (χ4n) is 3.95. The van der Waals surface area contributed by atoms with Crippen LogP contribution < -0.4 is 19.7 Å². The van der Waals surface area contributed by atoms with Gasteiger partial charge in [0.1, 0.15) is 6.54 Å². The first-order chi connectivity index (χ1) is 13.7. The number of hydrogen-bond donors (Lipinski definition) is 2. The summed E-state index contributed by atoms with van der Waals surface area (Å²) in [6.45, 7) is 3.59. The predicted molar refractivity (Wildman–Crippen MR) is 110 cm³/mol. The van der Waals surface area contributed by atoms with Crippen LogP contribution in [0.2, 0.25) is 0 Å². The number of carbonyl (C=O) groups excluding carboxylic acids is 1. The van der Waals surface area contributed by atoms with Crippen LogP contribution in [0.25, 0.3) is 0 Å². The fourth-order valence-corrected chi connectivity index (χ4v) is 3.95. The molecule has 0 bridgehead atoms. The van der Waals surface area contributed by atoms with Crippen molar-refractivity contribution in [1.82, 2.24) is 5.32 Å². The van der Waals surface area contributed by atoms with Crippen molar-refractivity contribution in [2.24, 2.45) is 5.92 Å². The summed E-state index contributed by atoms with van der Waals surface area (Å²) in [7, 11) is 3.35. The lowest BCUT2D eigenvalue weighted by molar-refractivity contribution is -0.919. The molecule has 1 saturated heterocycles. The summed E-state index contributed by atoms with van der Waals surface area (Å²) in [5.41, 5.74) is 2.41. The Balaban J connectivity index is 1.45. The van der Waals surface area contributed by atoms with Gasteiger partial charge in [0.25, 0.3) is 0 Å². The number of hydrogen-bond acceptors (Lipinski definition) is 3. The number of para-hydroxylation sites is 1. The van der Waals surface area contributed by atoms with Crippen molar-refractivity contribution < 1.29 is 19.2 Å². The third kappa shape index (κ3) is 5.26. The van der Waals surface area contributed by atoms with Gasteiger partial charge in [-0.25, -0.2) is 0 Å². The summed E-state index contributed by atoms with van der Waals surface area (Å²) in [4.78, 5) is 14.0. The Morgan fingerprint density at radius 2 is 1.79 bits per heavy atom. The third-order valence-electron chi connectivity index (χ3n) is 5.54. The van der Waals surface area contributed by atoms with E-state index in [1.807, 2.05) is 30.3 Å². The van der Waals surface area contributed by atoms with E-state index in [1.165, 1.54) is 10.5 Å². The standard InChI is InChI=1S/C23H30N2O3/c1-27-21-10-6-9-20(22(21)28-2)17-25-15-12-19(13-16-25)23(26)24-14-11-18-7-4-3-5-8-18/h3-10,19H,11-17H2,1-2H3,(H,24,26)/p+1. The number of benzene rings is 2. The minimum atomic E-state index is 0.131. The second kappa shape index (κ2) is 10.1. The minimum Gasteiger partial charge on any atom is -0.493 e. The Labute approximate surface area is 167 Å². The second-order valence-electron chi connectivity index (χ2n) is 7.38. The highest BCUT2D eigenvalue weighted by Gasteiger charge is 2.28. The number of rotatable bonds is 8. The molecule has 2 N–H and O–H groups in total. The van der Waals surface area contributed by atoms with Gasteiger partial charge in [0.05, 0.1) is 32.9 Å². The highest BCUT2D eigenvalue weighted by atomic mass is 16.5. The van der Waals surface area contributed by atoms with Crippen molar-refractivity contribution >= 4 is 5.91 Å². The summed E-state index contributed by atoms with van der Waals surface area (Å²) < 4.78 is 10.9. The van der Waals surface area contributed by atoms with Crippen LogP contribution in [0.4, 0.5) is 0 Å². The molecule has 1 heterocycles. The van der Waals surface area contributed by atoms with Gasteiger partial charge in [-0.1, -0.05) is 36.4 Å². The van der Waals surface area contributed by atoms with Gasteiger partial charge in [0.15, 0.2) is 11.5 Å². The first-order valence-corrected chi connectivity index (χ1v) is 10.1. The van der Waals surface area contributed by atoms with E-state index in [0.29, 0.717) is 6.54 Å². The van der Waals surface area contributed by atoms with E-state index in [0.717, 1.165) is 56.0 Å². The van der Waals surface area contributed by atoms with E-state index in [2.05, 4.69) is 23.5 Å². The molecule has 0 spiro atoms. The maximum absolute atomic E-state index is 12.5. The van der Waals surface area contributed by atoms with Crippen LogP contribution in [-0.4, -0.2) is 39.8 Å². The quantitative estimate of drug-likeness (QED) is 0.732. The summed E-state index contributed by atoms with van der Waals surface area (Å²) in [6, 6.07) is 16.3. The molecule has 0 aromatic heterocycles. The van der Waals surface area contributed by atoms with Crippen LogP contribution in [0, 0.1) is 5.92 Å². The molecule has 0 aliphatic carbocycles. The molecule has 0 unspecified atom stereocenters. The van der Waals surface area contributed by atoms with E-state index < -0.39 is 0 Å². The molecular formula is C23H31N2O3+. The number of piperidine rings is 1. The molecular weight excluding hydrogens is 352 g/mol. The zero-order chi connectivity index (χ0) is 19.8. The van der Waals surface area contributed by atoms with Gasteiger partial charge in [0.2, 0.25) is 5.91 Å². The van der Waals surface area contributed by atoms with Crippen molar-refractivity contribution in [3.8, 4) is 11.5 Å². The Morgan fingerprint density at radius 1 is 1.04 bits per heavy atom. The molecule has 1 fully saturated rings. The van der Waals surface area contributed by atoms with Crippen molar-refractivity contribution in [2.75, 3.05) is 33.9 Å². The van der Waals surface area contributed by atoms with E-state index in [-0.39, 0.29) is 11.8 Å². The molecule has 1 aliphatic rings. The number of amides is 1. The van der Waals surface area contributed by atoms with Crippen molar-refractivity contribution in [2.45, 2.75) is 25.8 Å². The summed E-state index contributed by atoms with van der Waals surface area (Å²) in [6.07, 6.45) is 2.74. The van der Waals surface area contributed by atoms with Gasteiger partial charge in [-0.15, -0.1) is 0 Å². The van der Waals surface area contributed by atoms with E-state index in [1.54, 1.807) is 14.2 Å². The smallest absolute Gasteiger partial charge is 0.223 e.